The van der Waals surface area contributed by atoms with Crippen LogP contribution in [0.15, 0.2) is 0 Å². The fraction of sp³-hybridized carbons (Fsp3) is 0.667. The van der Waals surface area contributed by atoms with E-state index in [4.69, 9.17) is 10.5 Å². The quantitative estimate of drug-likeness (QED) is 0.823. The van der Waals surface area contributed by atoms with E-state index in [-0.39, 0.29) is 5.92 Å². The highest BCUT2D eigenvalue weighted by Crippen LogP contribution is 2.28. The van der Waals surface area contributed by atoms with Gasteiger partial charge in [0.1, 0.15) is 11.5 Å². The van der Waals surface area contributed by atoms with Gasteiger partial charge in [-0.1, -0.05) is 27.7 Å². The number of anilines is 2. The second-order valence-corrected chi connectivity index (χ2v) is 4.76. The van der Waals surface area contributed by atoms with Crippen LogP contribution < -0.4 is 15.8 Å². The normalized spacial score (nSPS) is 11.0. The highest BCUT2D eigenvalue weighted by molar-refractivity contribution is 5.66. The van der Waals surface area contributed by atoms with Crippen molar-refractivity contribution in [3.63, 3.8) is 0 Å². The lowest BCUT2D eigenvalue weighted by atomic mass is 10.2. The van der Waals surface area contributed by atoms with Gasteiger partial charge in [0, 0.05) is 13.0 Å². The summed E-state index contributed by atoms with van der Waals surface area (Å²) in [5, 5.41) is 2.96. The number of hydrogen-bond acceptors (Lipinski definition) is 5. The third kappa shape index (κ3) is 3.47. The van der Waals surface area contributed by atoms with Gasteiger partial charge in [0.05, 0.1) is 6.61 Å². The van der Waals surface area contributed by atoms with Crippen molar-refractivity contribution in [1.29, 1.82) is 0 Å². The first-order valence-electron chi connectivity index (χ1n) is 5.93. The molecule has 0 unspecified atom stereocenters. The molecule has 0 radical (unpaired) electrons. The fourth-order valence-electron chi connectivity index (χ4n) is 1.27. The summed E-state index contributed by atoms with van der Waals surface area (Å²) in [6, 6.07) is 0. The SMILES string of the molecule is CNc1nc(C(C)C)nc(OCC(C)C)c1N. The van der Waals surface area contributed by atoms with Crippen molar-refractivity contribution in [2.45, 2.75) is 33.6 Å². The van der Waals surface area contributed by atoms with Crippen LogP contribution in [0.3, 0.4) is 0 Å². The minimum absolute atomic E-state index is 0.240. The van der Waals surface area contributed by atoms with Gasteiger partial charge in [0.15, 0.2) is 5.82 Å². The summed E-state index contributed by atoms with van der Waals surface area (Å²) >= 11 is 0. The largest absolute Gasteiger partial charge is 0.476 e. The summed E-state index contributed by atoms with van der Waals surface area (Å²) in [5.74, 6) is 2.51. The van der Waals surface area contributed by atoms with E-state index < -0.39 is 0 Å². The Bertz CT molecular complexity index is 377. The highest BCUT2D eigenvalue weighted by atomic mass is 16.5. The summed E-state index contributed by atoms with van der Waals surface area (Å²) in [7, 11) is 1.79. The van der Waals surface area contributed by atoms with Gasteiger partial charge in [-0.2, -0.15) is 4.98 Å². The third-order valence-corrected chi connectivity index (χ3v) is 2.23. The van der Waals surface area contributed by atoms with Crippen LogP contribution in [0.1, 0.15) is 39.4 Å². The second-order valence-electron chi connectivity index (χ2n) is 4.76. The molecule has 5 heteroatoms. The van der Waals surface area contributed by atoms with Gasteiger partial charge < -0.3 is 15.8 Å². The molecule has 1 aromatic rings. The molecule has 0 amide bonds. The van der Waals surface area contributed by atoms with Crippen LogP contribution in [0, 0.1) is 5.92 Å². The molecule has 0 aliphatic carbocycles. The number of nitrogen functional groups attached to an aromatic ring is 1. The van der Waals surface area contributed by atoms with Gasteiger partial charge in [-0.25, -0.2) is 4.98 Å². The lowest BCUT2D eigenvalue weighted by molar-refractivity contribution is 0.261. The number of aromatic nitrogens is 2. The van der Waals surface area contributed by atoms with E-state index in [2.05, 4.69) is 29.1 Å². The maximum Gasteiger partial charge on any atom is 0.242 e. The smallest absolute Gasteiger partial charge is 0.242 e. The standard InChI is InChI=1S/C12H22N4O/c1-7(2)6-17-12-9(13)11(14-5)15-10(16-12)8(3)4/h7-8H,6,13H2,1-5H3,(H,14,15,16). The van der Waals surface area contributed by atoms with Gasteiger partial charge >= 0.3 is 0 Å². The molecule has 0 saturated heterocycles. The average Bonchev–Trinajstić information content (AvgIpc) is 2.27. The Balaban J connectivity index is 3.04. The summed E-state index contributed by atoms with van der Waals surface area (Å²) < 4.78 is 5.62. The molecule has 1 rings (SSSR count). The molecule has 0 saturated carbocycles. The van der Waals surface area contributed by atoms with Gasteiger partial charge in [-0.05, 0) is 5.92 Å². The predicted octanol–water partition coefficient (Wildman–Crippen LogP) is 2.26. The molecular formula is C12H22N4O. The van der Waals surface area contributed by atoms with Gasteiger partial charge in [0.2, 0.25) is 5.88 Å². The topological polar surface area (TPSA) is 73.1 Å². The minimum atomic E-state index is 0.240. The molecule has 1 aromatic heterocycles. The number of nitrogens with one attached hydrogen (secondary N) is 1. The van der Waals surface area contributed by atoms with E-state index >= 15 is 0 Å². The number of ether oxygens (including phenoxy) is 1. The van der Waals surface area contributed by atoms with Gasteiger partial charge in [-0.15, -0.1) is 0 Å². The molecule has 5 nitrogen and oxygen atoms in total. The fourth-order valence-corrected chi connectivity index (χ4v) is 1.27. The second kappa shape index (κ2) is 5.70. The van der Waals surface area contributed by atoms with Crippen LogP contribution in [-0.4, -0.2) is 23.6 Å². The molecule has 0 aliphatic heterocycles. The molecule has 1 heterocycles. The summed E-state index contributed by atoms with van der Waals surface area (Å²) in [5.41, 5.74) is 6.41. The Hall–Kier alpha value is -1.52. The summed E-state index contributed by atoms with van der Waals surface area (Å²) in [6.07, 6.45) is 0. The van der Waals surface area contributed by atoms with E-state index in [1.165, 1.54) is 0 Å². The first-order valence-corrected chi connectivity index (χ1v) is 5.93. The number of rotatable bonds is 5. The van der Waals surface area contributed by atoms with Gasteiger partial charge in [-0.3, -0.25) is 0 Å². The van der Waals surface area contributed by atoms with Crippen molar-refractivity contribution in [2.24, 2.45) is 5.92 Å². The zero-order valence-corrected chi connectivity index (χ0v) is 11.2. The van der Waals surface area contributed by atoms with E-state index in [0.717, 1.165) is 5.82 Å². The predicted molar refractivity (Wildman–Crippen MR) is 70.4 cm³/mol. The van der Waals surface area contributed by atoms with E-state index in [1.807, 2.05) is 13.8 Å². The monoisotopic (exact) mass is 238 g/mol. The molecular weight excluding hydrogens is 216 g/mol. The van der Waals surface area contributed by atoms with Crippen LogP contribution in [0.5, 0.6) is 5.88 Å². The third-order valence-electron chi connectivity index (χ3n) is 2.23. The number of nitrogens with two attached hydrogens (primary N) is 1. The van der Waals surface area contributed by atoms with Crippen molar-refractivity contribution in [2.75, 3.05) is 24.7 Å². The van der Waals surface area contributed by atoms with Crippen LogP contribution >= 0.6 is 0 Å². The Morgan fingerprint density at radius 2 is 1.88 bits per heavy atom. The van der Waals surface area contributed by atoms with Crippen molar-refractivity contribution >= 4 is 11.5 Å². The first-order chi connectivity index (χ1) is 7.95. The van der Waals surface area contributed by atoms with Crippen LogP contribution in [0.4, 0.5) is 11.5 Å². The Labute approximate surface area is 103 Å². The number of nitrogens with zero attached hydrogens (tertiary/aromatic N) is 2. The summed E-state index contributed by atoms with van der Waals surface area (Å²) in [4.78, 5) is 8.70. The highest BCUT2D eigenvalue weighted by Gasteiger charge is 2.14. The molecule has 0 fully saturated rings. The Morgan fingerprint density at radius 3 is 2.35 bits per heavy atom. The van der Waals surface area contributed by atoms with Crippen LogP contribution in [-0.2, 0) is 0 Å². The molecule has 3 N–H and O–H groups in total. The molecule has 0 aromatic carbocycles. The maximum absolute atomic E-state index is 5.94. The zero-order valence-electron chi connectivity index (χ0n) is 11.2. The van der Waals surface area contributed by atoms with E-state index in [1.54, 1.807) is 7.05 Å². The van der Waals surface area contributed by atoms with Crippen LogP contribution in [0.2, 0.25) is 0 Å². The van der Waals surface area contributed by atoms with E-state index in [9.17, 15) is 0 Å². The first kappa shape index (κ1) is 13.5. The summed E-state index contributed by atoms with van der Waals surface area (Å²) in [6.45, 7) is 8.84. The van der Waals surface area contributed by atoms with Crippen molar-refractivity contribution in [3.8, 4) is 5.88 Å². The minimum Gasteiger partial charge on any atom is -0.476 e. The van der Waals surface area contributed by atoms with E-state index in [0.29, 0.717) is 29.9 Å². The average molecular weight is 238 g/mol. The molecule has 0 atom stereocenters. The van der Waals surface area contributed by atoms with Crippen molar-refractivity contribution in [1.82, 2.24) is 9.97 Å². The molecule has 0 bridgehead atoms. The Kier molecular flexibility index (Phi) is 4.54. The Morgan fingerprint density at radius 1 is 1.24 bits per heavy atom. The van der Waals surface area contributed by atoms with Gasteiger partial charge in [0.25, 0.3) is 0 Å². The lowest BCUT2D eigenvalue weighted by Crippen LogP contribution is -2.12. The molecule has 96 valence electrons. The lowest BCUT2D eigenvalue weighted by Gasteiger charge is -2.15. The maximum atomic E-state index is 5.94. The number of hydrogen-bond donors (Lipinski definition) is 2. The zero-order chi connectivity index (χ0) is 13.0. The molecule has 0 aliphatic rings. The van der Waals surface area contributed by atoms with Crippen molar-refractivity contribution in [3.05, 3.63) is 5.82 Å². The molecule has 17 heavy (non-hydrogen) atoms. The molecule has 0 spiro atoms. The van der Waals surface area contributed by atoms with Crippen molar-refractivity contribution < 1.29 is 4.74 Å². The van der Waals surface area contributed by atoms with Crippen LogP contribution in [0.25, 0.3) is 0 Å².